The molecule has 0 saturated heterocycles. The molecule has 0 heterocycles. The zero-order chi connectivity index (χ0) is 20.0. The maximum absolute atomic E-state index is 13.9. The Morgan fingerprint density at radius 2 is 1.67 bits per heavy atom. The number of halogens is 1. The molecule has 1 amide bonds. The molecule has 0 atom stereocenters. The molecule has 0 spiro atoms. The first-order valence-electron chi connectivity index (χ1n) is 8.39. The minimum Gasteiger partial charge on any atom is -0.493 e. The fraction of sp³-hybridized carbons (Fsp3) is 0.350. The summed E-state index contributed by atoms with van der Waals surface area (Å²) >= 11 is 0. The van der Waals surface area contributed by atoms with E-state index in [4.69, 9.17) is 14.2 Å². The van der Waals surface area contributed by atoms with Crippen LogP contribution >= 0.6 is 0 Å². The summed E-state index contributed by atoms with van der Waals surface area (Å²) in [6.45, 7) is 0.761. The Kier molecular flexibility index (Phi) is 7.01. The summed E-state index contributed by atoms with van der Waals surface area (Å²) in [6.07, 6.45) is 0. The van der Waals surface area contributed by atoms with Gasteiger partial charge in [0.15, 0.2) is 11.5 Å². The van der Waals surface area contributed by atoms with E-state index >= 15 is 0 Å². The van der Waals surface area contributed by atoms with Gasteiger partial charge < -0.3 is 24.4 Å². The van der Waals surface area contributed by atoms with Crippen LogP contribution in [0.4, 0.5) is 4.39 Å². The first-order valence-corrected chi connectivity index (χ1v) is 8.39. The van der Waals surface area contributed by atoms with Gasteiger partial charge in [-0.3, -0.25) is 4.79 Å². The number of carbonyl (C=O) groups is 1. The van der Waals surface area contributed by atoms with Gasteiger partial charge in [0, 0.05) is 24.2 Å². The van der Waals surface area contributed by atoms with Crippen LogP contribution in [-0.2, 0) is 13.1 Å². The molecule has 0 fully saturated rings. The minimum atomic E-state index is -0.298. The van der Waals surface area contributed by atoms with Crippen LogP contribution in [0.3, 0.4) is 0 Å². The highest BCUT2D eigenvalue weighted by Gasteiger charge is 2.17. The Hall–Kier alpha value is -2.80. The molecule has 0 aliphatic rings. The van der Waals surface area contributed by atoms with Gasteiger partial charge in [0.05, 0.1) is 21.3 Å². The molecular weight excluding hydrogens is 351 g/mol. The maximum Gasteiger partial charge on any atom is 0.251 e. The molecule has 0 unspecified atom stereocenters. The van der Waals surface area contributed by atoms with E-state index in [1.54, 1.807) is 24.3 Å². The second-order valence-electron chi connectivity index (χ2n) is 6.26. The highest BCUT2D eigenvalue weighted by atomic mass is 19.1. The number of benzene rings is 2. The van der Waals surface area contributed by atoms with Crippen LogP contribution in [0, 0.1) is 5.82 Å². The van der Waals surface area contributed by atoms with Gasteiger partial charge in [-0.05, 0) is 43.9 Å². The molecule has 0 saturated carbocycles. The van der Waals surface area contributed by atoms with Crippen molar-refractivity contribution in [2.75, 3.05) is 35.4 Å². The number of ether oxygens (including phenoxy) is 3. The van der Waals surface area contributed by atoms with E-state index in [9.17, 15) is 9.18 Å². The van der Waals surface area contributed by atoms with Crippen LogP contribution in [0.1, 0.15) is 21.5 Å². The van der Waals surface area contributed by atoms with Gasteiger partial charge in [0.25, 0.3) is 5.91 Å². The summed E-state index contributed by atoms with van der Waals surface area (Å²) in [5, 5.41) is 2.83. The van der Waals surface area contributed by atoms with Crippen molar-refractivity contribution in [1.29, 1.82) is 0 Å². The highest BCUT2D eigenvalue weighted by Crippen LogP contribution is 2.38. The third-order valence-corrected chi connectivity index (χ3v) is 3.98. The number of nitrogens with zero attached hydrogens (tertiary/aromatic N) is 1. The molecule has 0 aromatic heterocycles. The largest absolute Gasteiger partial charge is 0.493 e. The average molecular weight is 376 g/mol. The molecule has 1 N–H and O–H groups in total. The molecule has 0 radical (unpaired) electrons. The fourth-order valence-electron chi connectivity index (χ4n) is 2.70. The number of nitrogens with one attached hydrogen (secondary N) is 1. The summed E-state index contributed by atoms with van der Waals surface area (Å²) in [4.78, 5) is 14.4. The van der Waals surface area contributed by atoms with Gasteiger partial charge in [-0.15, -0.1) is 0 Å². The zero-order valence-electron chi connectivity index (χ0n) is 16.3. The first-order chi connectivity index (χ1) is 12.9. The minimum absolute atomic E-state index is 0.261. The molecule has 7 heteroatoms. The third-order valence-electron chi connectivity index (χ3n) is 3.98. The van der Waals surface area contributed by atoms with E-state index in [1.165, 1.54) is 27.4 Å². The molecule has 2 aromatic rings. The molecule has 2 rings (SSSR count). The van der Waals surface area contributed by atoms with Crippen LogP contribution in [0.15, 0.2) is 30.3 Å². The number of methoxy groups -OCH3 is 3. The summed E-state index contributed by atoms with van der Waals surface area (Å²) in [5.74, 6) is 0.661. The van der Waals surface area contributed by atoms with Gasteiger partial charge in [-0.25, -0.2) is 4.39 Å². The van der Waals surface area contributed by atoms with Gasteiger partial charge in [-0.2, -0.15) is 0 Å². The predicted octanol–water partition coefficient (Wildman–Crippen LogP) is 2.84. The Balaban J connectivity index is 2.16. The molecule has 146 valence electrons. The van der Waals surface area contributed by atoms with Crippen LogP contribution in [0.25, 0.3) is 0 Å². The van der Waals surface area contributed by atoms with Crippen LogP contribution in [0.2, 0.25) is 0 Å². The Labute approximate surface area is 158 Å². The lowest BCUT2D eigenvalue weighted by molar-refractivity contribution is 0.0950. The van der Waals surface area contributed by atoms with E-state index in [0.717, 1.165) is 5.56 Å². The topological polar surface area (TPSA) is 60.0 Å². The monoisotopic (exact) mass is 376 g/mol. The van der Waals surface area contributed by atoms with Crippen molar-refractivity contribution in [1.82, 2.24) is 10.2 Å². The Bertz CT molecular complexity index is 784. The van der Waals surface area contributed by atoms with Crippen molar-refractivity contribution in [3.05, 3.63) is 52.8 Å². The lowest BCUT2D eigenvalue weighted by Gasteiger charge is -2.15. The summed E-state index contributed by atoms with van der Waals surface area (Å²) in [6, 6.07) is 7.99. The van der Waals surface area contributed by atoms with Crippen molar-refractivity contribution < 1.29 is 23.4 Å². The number of hydrogen-bond donors (Lipinski definition) is 1. The van der Waals surface area contributed by atoms with Crippen molar-refractivity contribution in [3.8, 4) is 17.2 Å². The predicted molar refractivity (Wildman–Crippen MR) is 101 cm³/mol. The summed E-state index contributed by atoms with van der Waals surface area (Å²) in [5.41, 5.74) is 1.77. The van der Waals surface area contributed by atoms with Crippen molar-refractivity contribution in [2.24, 2.45) is 0 Å². The maximum atomic E-state index is 13.9. The second-order valence-corrected chi connectivity index (χ2v) is 6.26. The van der Waals surface area contributed by atoms with Crippen molar-refractivity contribution in [2.45, 2.75) is 13.1 Å². The number of amides is 1. The van der Waals surface area contributed by atoms with Gasteiger partial charge >= 0.3 is 0 Å². The van der Waals surface area contributed by atoms with Crippen LogP contribution in [0.5, 0.6) is 17.2 Å². The molecule has 0 bridgehead atoms. The van der Waals surface area contributed by atoms with Crippen LogP contribution < -0.4 is 19.5 Å². The summed E-state index contributed by atoms with van der Waals surface area (Å²) < 4.78 is 29.7. The third kappa shape index (κ3) is 5.10. The highest BCUT2D eigenvalue weighted by molar-refractivity contribution is 5.95. The van der Waals surface area contributed by atoms with Crippen molar-refractivity contribution in [3.63, 3.8) is 0 Å². The number of hydrogen-bond acceptors (Lipinski definition) is 5. The van der Waals surface area contributed by atoms with Crippen molar-refractivity contribution >= 4 is 5.91 Å². The molecule has 0 aliphatic heterocycles. The van der Waals surface area contributed by atoms with E-state index in [-0.39, 0.29) is 18.3 Å². The fourth-order valence-corrected chi connectivity index (χ4v) is 2.70. The SMILES string of the molecule is COc1cc(C(=O)NCc2ccc(F)c(CN(C)C)c2)cc(OC)c1OC. The molecule has 6 nitrogen and oxygen atoms in total. The lowest BCUT2D eigenvalue weighted by atomic mass is 10.1. The molecule has 27 heavy (non-hydrogen) atoms. The molecular formula is C20H25FN2O4. The van der Waals surface area contributed by atoms with Crippen LogP contribution in [-0.4, -0.2) is 46.2 Å². The Morgan fingerprint density at radius 1 is 1.04 bits per heavy atom. The molecule has 0 aliphatic carbocycles. The van der Waals surface area contributed by atoms with Gasteiger partial charge in [-0.1, -0.05) is 6.07 Å². The average Bonchev–Trinajstić information content (AvgIpc) is 2.66. The van der Waals surface area contributed by atoms with E-state index in [1.807, 2.05) is 19.0 Å². The van der Waals surface area contributed by atoms with Gasteiger partial charge in [0.2, 0.25) is 5.75 Å². The van der Waals surface area contributed by atoms with E-state index < -0.39 is 0 Å². The smallest absolute Gasteiger partial charge is 0.251 e. The standard InChI is InChI=1S/C20H25FN2O4/c1-23(2)12-15-8-13(6-7-16(15)21)11-22-20(24)14-9-17(25-3)19(27-5)18(10-14)26-4/h6-10H,11-12H2,1-5H3,(H,22,24). The summed E-state index contributed by atoms with van der Waals surface area (Å²) in [7, 11) is 8.23. The quantitative estimate of drug-likeness (QED) is 0.768. The van der Waals surface area contributed by atoms with E-state index in [2.05, 4.69) is 5.32 Å². The molecule has 2 aromatic carbocycles. The first kappa shape index (κ1) is 20.5. The second kappa shape index (κ2) is 9.23. The normalized spacial score (nSPS) is 10.6. The number of rotatable bonds is 8. The van der Waals surface area contributed by atoms with E-state index in [0.29, 0.717) is 34.9 Å². The Morgan fingerprint density at radius 3 is 2.19 bits per heavy atom. The number of carbonyl (C=O) groups excluding carboxylic acids is 1. The lowest BCUT2D eigenvalue weighted by Crippen LogP contribution is -2.23. The zero-order valence-corrected chi connectivity index (χ0v) is 16.3. The van der Waals surface area contributed by atoms with Gasteiger partial charge in [0.1, 0.15) is 5.82 Å².